The molecule has 0 spiro atoms. The average Bonchev–Trinajstić information content (AvgIpc) is 2.71. The zero-order chi connectivity index (χ0) is 14.4. The van der Waals surface area contributed by atoms with Crippen molar-refractivity contribution in [1.29, 1.82) is 0 Å². The fraction of sp³-hybridized carbons (Fsp3) is 0.727. The molecule has 0 bridgehead atoms. The van der Waals surface area contributed by atoms with E-state index in [4.69, 9.17) is 0 Å². The van der Waals surface area contributed by atoms with Gasteiger partial charge in [0.15, 0.2) is 0 Å². The van der Waals surface area contributed by atoms with Crippen molar-refractivity contribution in [2.75, 3.05) is 18.8 Å². The molecule has 2 saturated heterocycles. The second kappa shape index (κ2) is 4.29. The molecule has 3 amide bonds. The van der Waals surface area contributed by atoms with E-state index in [0.717, 1.165) is 9.21 Å². The van der Waals surface area contributed by atoms with Crippen molar-refractivity contribution in [2.24, 2.45) is 5.41 Å². The quantitative estimate of drug-likeness (QED) is 0.629. The largest absolute Gasteiger partial charge is 0.274 e. The predicted molar refractivity (Wildman–Crippen MR) is 65.2 cm³/mol. The summed E-state index contributed by atoms with van der Waals surface area (Å²) in [6.07, 6.45) is 0.438. The van der Waals surface area contributed by atoms with Crippen LogP contribution >= 0.6 is 0 Å². The molecule has 2 aliphatic heterocycles. The maximum absolute atomic E-state index is 11.9. The van der Waals surface area contributed by atoms with Gasteiger partial charge >= 0.3 is 0 Å². The summed E-state index contributed by atoms with van der Waals surface area (Å²) in [7, 11) is -3.56. The highest BCUT2D eigenvalue weighted by Crippen LogP contribution is 2.31. The molecule has 106 valence electrons. The number of carbonyl (C=O) groups is 3. The number of hydrogen-bond donors (Lipinski definition) is 0. The van der Waals surface area contributed by atoms with E-state index in [2.05, 4.69) is 0 Å². The van der Waals surface area contributed by atoms with Gasteiger partial charge in [-0.1, -0.05) is 13.8 Å². The van der Waals surface area contributed by atoms with Crippen molar-refractivity contribution >= 4 is 27.7 Å². The minimum Gasteiger partial charge on any atom is -0.274 e. The summed E-state index contributed by atoms with van der Waals surface area (Å²) in [6, 6.07) is 0. The fourth-order valence-electron chi connectivity index (χ4n) is 2.32. The first-order valence-corrected chi connectivity index (χ1v) is 7.64. The molecule has 0 unspecified atom stereocenters. The molecule has 0 saturated carbocycles. The van der Waals surface area contributed by atoms with E-state index in [1.54, 1.807) is 13.8 Å². The molecule has 8 heteroatoms. The Balaban J connectivity index is 2.12. The van der Waals surface area contributed by atoms with Gasteiger partial charge in [0.1, 0.15) is 6.54 Å². The van der Waals surface area contributed by atoms with Crippen molar-refractivity contribution < 1.29 is 22.8 Å². The summed E-state index contributed by atoms with van der Waals surface area (Å²) in [5.74, 6) is -1.63. The van der Waals surface area contributed by atoms with Crippen LogP contribution < -0.4 is 0 Å². The van der Waals surface area contributed by atoms with Crippen LogP contribution in [0.5, 0.6) is 0 Å². The molecule has 2 fully saturated rings. The lowest BCUT2D eigenvalue weighted by atomic mass is 9.92. The molecule has 0 aromatic heterocycles. The molecule has 2 aliphatic rings. The standard InChI is InChI=1S/C11H16N2O5S/c1-11(2)6-8(14)12(10(11)16)7-9(15)13-4-3-5-19(13,17)18/h3-7H2,1-2H3. The minimum absolute atomic E-state index is 0.0475. The van der Waals surface area contributed by atoms with Crippen LogP contribution in [-0.2, 0) is 24.4 Å². The Hall–Kier alpha value is -1.44. The summed E-state index contributed by atoms with van der Waals surface area (Å²) < 4.78 is 23.9. The highest BCUT2D eigenvalue weighted by atomic mass is 32.2. The molecular weight excluding hydrogens is 272 g/mol. The number of hydrogen-bond acceptors (Lipinski definition) is 5. The van der Waals surface area contributed by atoms with Gasteiger partial charge in [0.2, 0.25) is 21.8 Å². The van der Waals surface area contributed by atoms with E-state index in [0.29, 0.717) is 6.42 Å². The average molecular weight is 288 g/mol. The van der Waals surface area contributed by atoms with Crippen molar-refractivity contribution in [3.8, 4) is 0 Å². The first-order valence-electron chi connectivity index (χ1n) is 6.03. The van der Waals surface area contributed by atoms with Gasteiger partial charge < -0.3 is 0 Å². The lowest BCUT2D eigenvalue weighted by molar-refractivity contribution is -0.145. The molecule has 0 atom stereocenters. The minimum atomic E-state index is -3.56. The van der Waals surface area contributed by atoms with Gasteiger partial charge in [-0.3, -0.25) is 19.3 Å². The van der Waals surface area contributed by atoms with Crippen LogP contribution in [0.25, 0.3) is 0 Å². The maximum atomic E-state index is 11.9. The number of imide groups is 1. The smallest absolute Gasteiger partial charge is 0.256 e. The van der Waals surface area contributed by atoms with Crippen molar-refractivity contribution in [3.05, 3.63) is 0 Å². The van der Waals surface area contributed by atoms with Crippen molar-refractivity contribution in [2.45, 2.75) is 26.7 Å². The third-order valence-corrected chi connectivity index (χ3v) is 5.25. The number of likely N-dealkylation sites (tertiary alicyclic amines) is 1. The highest BCUT2D eigenvalue weighted by Gasteiger charge is 2.46. The topological polar surface area (TPSA) is 91.8 Å². The Labute approximate surface area is 111 Å². The molecule has 0 aromatic rings. The summed E-state index contributed by atoms with van der Waals surface area (Å²) in [5, 5.41) is 0. The van der Waals surface area contributed by atoms with E-state index >= 15 is 0 Å². The number of rotatable bonds is 2. The lowest BCUT2D eigenvalue weighted by Crippen LogP contribution is -2.44. The number of sulfonamides is 1. The van der Waals surface area contributed by atoms with Crippen LogP contribution in [0.15, 0.2) is 0 Å². The van der Waals surface area contributed by atoms with Gasteiger partial charge in [-0.05, 0) is 6.42 Å². The van der Waals surface area contributed by atoms with Gasteiger partial charge in [-0.25, -0.2) is 12.7 Å². The SMILES string of the molecule is CC1(C)CC(=O)N(CC(=O)N2CCCS2(=O)=O)C1=O. The van der Waals surface area contributed by atoms with Gasteiger partial charge in [-0.2, -0.15) is 0 Å². The molecule has 0 aromatic carbocycles. The van der Waals surface area contributed by atoms with E-state index in [9.17, 15) is 22.8 Å². The van der Waals surface area contributed by atoms with Crippen molar-refractivity contribution in [3.63, 3.8) is 0 Å². The van der Waals surface area contributed by atoms with Gasteiger partial charge in [-0.15, -0.1) is 0 Å². The third-order valence-electron chi connectivity index (χ3n) is 3.39. The Morgan fingerprint density at radius 3 is 2.37 bits per heavy atom. The Morgan fingerprint density at radius 2 is 1.95 bits per heavy atom. The maximum Gasteiger partial charge on any atom is 0.256 e. The van der Waals surface area contributed by atoms with E-state index in [-0.39, 0.29) is 18.7 Å². The first-order chi connectivity index (χ1) is 8.65. The summed E-state index contributed by atoms with van der Waals surface area (Å²) in [6.45, 7) is 2.90. The molecular formula is C11H16N2O5S. The predicted octanol–water partition coefficient (Wildman–Crippen LogP) is -0.666. The second-order valence-corrected chi connectivity index (χ2v) is 7.49. The van der Waals surface area contributed by atoms with Gasteiger partial charge in [0, 0.05) is 13.0 Å². The molecule has 19 heavy (non-hydrogen) atoms. The van der Waals surface area contributed by atoms with Crippen LogP contribution in [-0.4, -0.2) is 54.2 Å². The monoisotopic (exact) mass is 288 g/mol. The molecule has 2 rings (SSSR count). The Morgan fingerprint density at radius 1 is 1.32 bits per heavy atom. The third kappa shape index (κ3) is 2.36. The van der Waals surface area contributed by atoms with Crippen LogP contribution in [0.2, 0.25) is 0 Å². The summed E-state index contributed by atoms with van der Waals surface area (Å²) >= 11 is 0. The second-order valence-electron chi connectivity index (χ2n) is 5.48. The molecule has 7 nitrogen and oxygen atoms in total. The Kier molecular flexibility index (Phi) is 3.16. The van der Waals surface area contributed by atoms with Crippen LogP contribution in [0, 0.1) is 5.41 Å². The highest BCUT2D eigenvalue weighted by molar-refractivity contribution is 7.89. The molecule has 0 radical (unpaired) electrons. The summed E-state index contributed by atoms with van der Waals surface area (Å²) in [4.78, 5) is 36.4. The number of carbonyl (C=O) groups excluding carboxylic acids is 3. The van der Waals surface area contributed by atoms with Crippen LogP contribution in [0.4, 0.5) is 0 Å². The number of amides is 3. The van der Waals surface area contributed by atoms with Gasteiger partial charge in [0.25, 0.3) is 5.91 Å². The lowest BCUT2D eigenvalue weighted by Gasteiger charge is -2.20. The van der Waals surface area contributed by atoms with Crippen molar-refractivity contribution in [1.82, 2.24) is 9.21 Å². The molecule has 0 aliphatic carbocycles. The first kappa shape index (κ1) is 14.0. The zero-order valence-electron chi connectivity index (χ0n) is 10.9. The van der Waals surface area contributed by atoms with E-state index < -0.39 is 39.7 Å². The number of nitrogens with zero attached hydrogens (tertiary/aromatic N) is 2. The fourth-order valence-corrected chi connectivity index (χ4v) is 3.81. The zero-order valence-corrected chi connectivity index (χ0v) is 11.7. The van der Waals surface area contributed by atoms with Crippen LogP contribution in [0.3, 0.4) is 0 Å². The molecule has 2 heterocycles. The van der Waals surface area contributed by atoms with E-state index in [1.165, 1.54) is 0 Å². The Bertz CT molecular complexity index is 551. The van der Waals surface area contributed by atoms with Crippen LogP contribution in [0.1, 0.15) is 26.7 Å². The normalized spacial score (nSPS) is 25.2. The molecule has 0 N–H and O–H groups in total. The summed E-state index contributed by atoms with van der Waals surface area (Å²) in [5.41, 5.74) is -0.818. The van der Waals surface area contributed by atoms with E-state index in [1.807, 2.05) is 0 Å². The van der Waals surface area contributed by atoms with Gasteiger partial charge in [0.05, 0.1) is 11.2 Å².